The van der Waals surface area contributed by atoms with Gasteiger partial charge in [-0.2, -0.15) is 0 Å². The van der Waals surface area contributed by atoms with Gasteiger partial charge in [-0.25, -0.2) is 9.97 Å². The van der Waals surface area contributed by atoms with Crippen molar-refractivity contribution in [3.05, 3.63) is 17.6 Å². The predicted octanol–water partition coefficient (Wildman–Crippen LogP) is 3.87. The first-order valence-electron chi connectivity index (χ1n) is 7.02. The lowest BCUT2D eigenvalue weighted by Crippen LogP contribution is -2.22. The quantitative estimate of drug-likeness (QED) is 0.863. The normalized spacial score (nSPS) is 20.3. The van der Waals surface area contributed by atoms with Crippen molar-refractivity contribution >= 4 is 5.82 Å². The second kappa shape index (κ2) is 4.87. The van der Waals surface area contributed by atoms with Crippen LogP contribution in [0.25, 0.3) is 0 Å². The van der Waals surface area contributed by atoms with Crippen LogP contribution in [0.5, 0.6) is 0 Å². The number of aromatic nitrogens is 2. The van der Waals surface area contributed by atoms with Crippen LogP contribution in [0.1, 0.15) is 76.7 Å². The Labute approximate surface area is 110 Å². The van der Waals surface area contributed by atoms with Crippen molar-refractivity contribution in [2.45, 2.75) is 65.2 Å². The summed E-state index contributed by atoms with van der Waals surface area (Å²) in [6.45, 7) is 9.00. The largest absolute Gasteiger partial charge is 0.384 e. The van der Waals surface area contributed by atoms with Crippen LogP contribution < -0.4 is 5.73 Å². The first-order chi connectivity index (χ1) is 8.37. The molecule has 0 bridgehead atoms. The van der Waals surface area contributed by atoms with Gasteiger partial charge in [-0.3, -0.25) is 0 Å². The number of nitrogens with two attached hydrogens (primary N) is 1. The van der Waals surface area contributed by atoms with Crippen LogP contribution in [-0.4, -0.2) is 9.97 Å². The highest BCUT2D eigenvalue weighted by Gasteiger charge is 2.29. The van der Waals surface area contributed by atoms with Crippen molar-refractivity contribution in [1.29, 1.82) is 0 Å². The molecule has 1 saturated carbocycles. The molecule has 0 saturated heterocycles. The van der Waals surface area contributed by atoms with Gasteiger partial charge in [0.15, 0.2) is 0 Å². The van der Waals surface area contributed by atoms with E-state index in [0.717, 1.165) is 11.5 Å². The fraction of sp³-hybridized carbons (Fsp3) is 0.733. The topological polar surface area (TPSA) is 51.8 Å². The molecule has 0 radical (unpaired) electrons. The number of anilines is 1. The lowest BCUT2D eigenvalue weighted by atomic mass is 9.73. The molecule has 1 aromatic heterocycles. The summed E-state index contributed by atoms with van der Waals surface area (Å²) in [4.78, 5) is 9.17. The van der Waals surface area contributed by atoms with Crippen LogP contribution in [0.4, 0.5) is 5.82 Å². The molecule has 100 valence electrons. The first-order valence-corrected chi connectivity index (χ1v) is 7.02. The molecule has 2 rings (SSSR count). The van der Waals surface area contributed by atoms with Gasteiger partial charge in [0.25, 0.3) is 0 Å². The van der Waals surface area contributed by atoms with Crippen LogP contribution in [0.3, 0.4) is 0 Å². The fourth-order valence-electron chi connectivity index (χ4n) is 2.64. The molecule has 0 spiro atoms. The minimum absolute atomic E-state index is 0.411. The van der Waals surface area contributed by atoms with Crippen molar-refractivity contribution in [3.8, 4) is 0 Å². The van der Waals surface area contributed by atoms with Gasteiger partial charge in [0.2, 0.25) is 0 Å². The minimum atomic E-state index is 0.411. The zero-order chi connectivity index (χ0) is 13.3. The van der Waals surface area contributed by atoms with Crippen molar-refractivity contribution in [2.24, 2.45) is 5.41 Å². The van der Waals surface area contributed by atoms with E-state index in [1.165, 1.54) is 25.7 Å². The average Bonchev–Trinajstić information content (AvgIpc) is 2.28. The van der Waals surface area contributed by atoms with Crippen LogP contribution >= 0.6 is 0 Å². The van der Waals surface area contributed by atoms with E-state index in [1.807, 2.05) is 6.07 Å². The maximum absolute atomic E-state index is 5.91. The number of nitrogens with zero attached hydrogens (tertiary/aromatic N) is 2. The molecule has 1 aliphatic rings. The Morgan fingerprint density at radius 2 is 1.83 bits per heavy atom. The van der Waals surface area contributed by atoms with Gasteiger partial charge < -0.3 is 5.73 Å². The zero-order valence-electron chi connectivity index (χ0n) is 12.0. The summed E-state index contributed by atoms with van der Waals surface area (Å²) >= 11 is 0. The van der Waals surface area contributed by atoms with Crippen molar-refractivity contribution in [2.75, 3.05) is 5.73 Å². The average molecular weight is 247 g/mol. The molecule has 1 heterocycles. The molecule has 1 fully saturated rings. The first kappa shape index (κ1) is 13.3. The summed E-state index contributed by atoms with van der Waals surface area (Å²) < 4.78 is 0. The standard InChI is InChI=1S/C15H25N3/c1-10(2)12-9-13(16)18-14(17-12)11-5-7-15(3,4)8-6-11/h9-11H,5-8H2,1-4H3,(H2,16,17,18). The number of nitrogen functional groups attached to an aromatic ring is 1. The molecule has 0 unspecified atom stereocenters. The number of hydrogen-bond acceptors (Lipinski definition) is 3. The van der Waals surface area contributed by atoms with Gasteiger partial charge in [0.1, 0.15) is 11.6 Å². The van der Waals surface area contributed by atoms with E-state index in [2.05, 4.69) is 32.7 Å². The van der Waals surface area contributed by atoms with Gasteiger partial charge in [0, 0.05) is 17.7 Å². The lowest BCUT2D eigenvalue weighted by molar-refractivity contribution is 0.220. The third kappa shape index (κ3) is 3.01. The molecule has 0 aromatic carbocycles. The summed E-state index contributed by atoms with van der Waals surface area (Å²) in [6.07, 6.45) is 4.89. The Morgan fingerprint density at radius 3 is 2.39 bits per heavy atom. The van der Waals surface area contributed by atoms with E-state index >= 15 is 0 Å². The highest BCUT2D eigenvalue weighted by molar-refractivity contribution is 5.31. The van der Waals surface area contributed by atoms with E-state index in [4.69, 9.17) is 10.7 Å². The predicted molar refractivity (Wildman–Crippen MR) is 75.5 cm³/mol. The Kier molecular flexibility index (Phi) is 3.60. The molecule has 18 heavy (non-hydrogen) atoms. The summed E-state index contributed by atoms with van der Waals surface area (Å²) in [5, 5.41) is 0. The Hall–Kier alpha value is -1.12. The molecule has 0 atom stereocenters. The lowest BCUT2D eigenvalue weighted by Gasteiger charge is -2.33. The molecule has 3 heteroatoms. The maximum atomic E-state index is 5.91. The Balaban J connectivity index is 2.19. The van der Waals surface area contributed by atoms with Crippen LogP contribution in [0.2, 0.25) is 0 Å². The SMILES string of the molecule is CC(C)c1cc(N)nc(C2CCC(C)(C)CC2)n1. The third-order valence-corrected chi connectivity index (χ3v) is 4.08. The maximum Gasteiger partial charge on any atom is 0.134 e. The van der Waals surface area contributed by atoms with Crippen LogP contribution in [-0.2, 0) is 0 Å². The molecular weight excluding hydrogens is 222 g/mol. The van der Waals surface area contributed by atoms with E-state index < -0.39 is 0 Å². The number of rotatable bonds is 2. The van der Waals surface area contributed by atoms with Crippen LogP contribution in [0.15, 0.2) is 6.07 Å². The van der Waals surface area contributed by atoms with Crippen LogP contribution in [0, 0.1) is 5.41 Å². The van der Waals surface area contributed by atoms with Gasteiger partial charge in [-0.05, 0) is 37.0 Å². The summed E-state index contributed by atoms with van der Waals surface area (Å²) in [5.41, 5.74) is 7.46. The van der Waals surface area contributed by atoms with Gasteiger partial charge in [-0.15, -0.1) is 0 Å². The smallest absolute Gasteiger partial charge is 0.134 e. The van der Waals surface area contributed by atoms with Crippen molar-refractivity contribution < 1.29 is 0 Å². The third-order valence-electron chi connectivity index (χ3n) is 4.08. The monoisotopic (exact) mass is 247 g/mol. The van der Waals surface area contributed by atoms with Gasteiger partial charge in [0.05, 0.1) is 0 Å². The minimum Gasteiger partial charge on any atom is -0.384 e. The van der Waals surface area contributed by atoms with E-state index in [9.17, 15) is 0 Å². The second-order valence-corrected chi connectivity index (χ2v) is 6.67. The second-order valence-electron chi connectivity index (χ2n) is 6.67. The zero-order valence-corrected chi connectivity index (χ0v) is 12.0. The summed E-state index contributed by atoms with van der Waals surface area (Å²) in [5.74, 6) is 2.50. The van der Waals surface area contributed by atoms with E-state index in [0.29, 0.717) is 23.1 Å². The molecule has 0 amide bonds. The van der Waals surface area contributed by atoms with E-state index in [1.54, 1.807) is 0 Å². The molecule has 2 N–H and O–H groups in total. The molecule has 1 aromatic rings. The molecule has 0 aliphatic heterocycles. The van der Waals surface area contributed by atoms with Gasteiger partial charge in [-0.1, -0.05) is 27.7 Å². The fourth-order valence-corrected chi connectivity index (χ4v) is 2.64. The van der Waals surface area contributed by atoms with E-state index in [-0.39, 0.29) is 0 Å². The Morgan fingerprint density at radius 1 is 1.22 bits per heavy atom. The van der Waals surface area contributed by atoms with Crippen molar-refractivity contribution in [1.82, 2.24) is 9.97 Å². The Bertz CT molecular complexity index is 414. The van der Waals surface area contributed by atoms with Gasteiger partial charge >= 0.3 is 0 Å². The summed E-state index contributed by atoms with van der Waals surface area (Å²) in [6, 6.07) is 1.90. The number of hydrogen-bond donors (Lipinski definition) is 1. The van der Waals surface area contributed by atoms with Crippen molar-refractivity contribution in [3.63, 3.8) is 0 Å². The molecule has 3 nitrogen and oxygen atoms in total. The highest BCUT2D eigenvalue weighted by atomic mass is 15.0. The molecular formula is C15H25N3. The molecule has 1 aliphatic carbocycles. The highest BCUT2D eigenvalue weighted by Crippen LogP contribution is 2.41. The summed E-state index contributed by atoms with van der Waals surface area (Å²) in [7, 11) is 0.